The third kappa shape index (κ3) is 5.52. The summed E-state index contributed by atoms with van der Waals surface area (Å²) in [7, 11) is 0. The van der Waals surface area contributed by atoms with Gasteiger partial charge in [-0.1, -0.05) is 42.3 Å². The number of rotatable bonds is 7. The Hall–Kier alpha value is -2.16. The Bertz CT molecular complexity index is 1160. The topological polar surface area (TPSA) is 71.5 Å². The minimum absolute atomic E-state index is 0.0120. The van der Waals surface area contributed by atoms with Crippen LogP contribution in [0.25, 0.3) is 11.4 Å². The van der Waals surface area contributed by atoms with E-state index in [0.29, 0.717) is 11.1 Å². The second kappa shape index (κ2) is 11.3. The van der Waals surface area contributed by atoms with Crippen molar-refractivity contribution in [1.82, 2.24) is 24.8 Å². The molecule has 2 aliphatic rings. The third-order valence-corrected chi connectivity index (χ3v) is 8.81. The highest BCUT2D eigenvalue weighted by Crippen LogP contribution is 2.37. The molecule has 2 aromatic heterocycles. The molecule has 0 aliphatic carbocycles. The lowest BCUT2D eigenvalue weighted by molar-refractivity contribution is -0.0198. The normalized spacial score (nSPS) is 21.8. The summed E-state index contributed by atoms with van der Waals surface area (Å²) >= 11 is 12.8. The number of hydrogen-bond donors (Lipinski definition) is 2. The van der Waals surface area contributed by atoms with E-state index in [1.54, 1.807) is 12.4 Å². The fourth-order valence-electron chi connectivity index (χ4n) is 6.05. The Kier molecular flexibility index (Phi) is 8.07. The van der Waals surface area contributed by atoms with E-state index in [4.69, 9.17) is 28.2 Å². The number of aromatic nitrogens is 3. The zero-order valence-corrected chi connectivity index (χ0v) is 23.1. The maximum absolute atomic E-state index is 10.2. The fourth-order valence-corrected chi connectivity index (χ4v) is 6.46. The van der Waals surface area contributed by atoms with Crippen molar-refractivity contribution in [3.8, 4) is 11.4 Å². The zero-order chi connectivity index (χ0) is 26.0. The number of piperazine rings is 1. The molecule has 5 rings (SSSR count). The van der Waals surface area contributed by atoms with Gasteiger partial charge in [-0.25, -0.2) is 9.97 Å². The average Bonchev–Trinajstić information content (AvgIpc) is 3.46. The SMILES string of the molecule is CC[C@H]1CN(c2ncc(-c3ncc[nH]3)cc2Cl)CCN1C1(C)CCN(C(CO)c2ccc(Cl)cc2)CC1. The van der Waals surface area contributed by atoms with Crippen molar-refractivity contribution in [1.29, 1.82) is 0 Å². The number of pyridine rings is 1. The minimum Gasteiger partial charge on any atom is -0.394 e. The number of hydrogen-bond acceptors (Lipinski definition) is 6. The Balaban J connectivity index is 1.24. The lowest BCUT2D eigenvalue weighted by Crippen LogP contribution is -2.63. The molecular weight excluding hydrogens is 507 g/mol. The standard InChI is InChI=1S/C28H36Cl2N6O/c1-3-23-18-35(27-24(30)16-21(17-33-27)26-31-10-11-32-26)14-15-36(23)28(2)8-12-34(13-9-28)25(19-37)20-4-6-22(29)7-5-20/h4-7,10-11,16-17,23,25,37H,3,8-9,12-15,18-19H2,1-2H3,(H,31,32)/t23-,25?/m0/s1. The summed E-state index contributed by atoms with van der Waals surface area (Å²) in [5.74, 6) is 1.62. The molecule has 0 spiro atoms. The number of H-pyrrole nitrogens is 1. The number of imidazole rings is 1. The summed E-state index contributed by atoms with van der Waals surface area (Å²) in [6.07, 6.45) is 8.60. The second-order valence-corrected chi connectivity index (χ2v) is 11.3. The molecule has 2 aliphatic heterocycles. The van der Waals surface area contributed by atoms with Gasteiger partial charge in [0.15, 0.2) is 0 Å². The predicted octanol–water partition coefficient (Wildman–Crippen LogP) is 5.27. The van der Waals surface area contributed by atoms with Crippen molar-refractivity contribution in [3.05, 3.63) is 64.5 Å². The number of nitrogens with one attached hydrogen (secondary N) is 1. The highest BCUT2D eigenvalue weighted by Gasteiger charge is 2.42. The molecule has 4 heterocycles. The van der Waals surface area contributed by atoms with Crippen LogP contribution in [0, 0.1) is 0 Å². The lowest BCUT2D eigenvalue weighted by atomic mass is 9.84. The van der Waals surface area contributed by atoms with Crippen molar-refractivity contribution in [2.45, 2.75) is 50.7 Å². The lowest BCUT2D eigenvalue weighted by Gasteiger charge is -2.54. The van der Waals surface area contributed by atoms with Crippen LogP contribution in [0.4, 0.5) is 5.82 Å². The smallest absolute Gasteiger partial charge is 0.147 e. The van der Waals surface area contributed by atoms with Gasteiger partial charge < -0.3 is 15.0 Å². The molecule has 2 N–H and O–H groups in total. The van der Waals surface area contributed by atoms with Gasteiger partial charge in [0.05, 0.1) is 17.7 Å². The number of aliphatic hydroxyl groups excluding tert-OH is 1. The molecule has 1 aromatic carbocycles. The quantitative estimate of drug-likeness (QED) is 0.423. The summed E-state index contributed by atoms with van der Waals surface area (Å²) < 4.78 is 0. The average molecular weight is 544 g/mol. The summed E-state index contributed by atoms with van der Waals surface area (Å²) in [5, 5.41) is 11.6. The molecule has 0 bridgehead atoms. The molecule has 9 heteroatoms. The first-order valence-electron chi connectivity index (χ1n) is 13.2. The molecule has 2 atom stereocenters. The van der Waals surface area contributed by atoms with Crippen molar-refractivity contribution in [2.24, 2.45) is 0 Å². The van der Waals surface area contributed by atoms with Gasteiger partial charge in [-0.2, -0.15) is 0 Å². The number of likely N-dealkylation sites (tertiary alicyclic amines) is 1. The number of nitrogens with zero attached hydrogens (tertiary/aromatic N) is 5. The first kappa shape index (κ1) is 26.4. The molecule has 2 fully saturated rings. The number of halogens is 2. The zero-order valence-electron chi connectivity index (χ0n) is 21.6. The maximum Gasteiger partial charge on any atom is 0.147 e. The number of anilines is 1. The van der Waals surface area contributed by atoms with Gasteiger partial charge in [0.25, 0.3) is 0 Å². The van der Waals surface area contributed by atoms with Gasteiger partial charge in [0.2, 0.25) is 0 Å². The highest BCUT2D eigenvalue weighted by atomic mass is 35.5. The monoisotopic (exact) mass is 542 g/mol. The second-order valence-electron chi connectivity index (χ2n) is 10.5. The van der Waals surface area contributed by atoms with E-state index < -0.39 is 0 Å². The fraction of sp³-hybridized carbons (Fsp3) is 0.500. The Morgan fingerprint density at radius 1 is 1.11 bits per heavy atom. The van der Waals surface area contributed by atoms with E-state index in [2.05, 4.69) is 38.5 Å². The van der Waals surface area contributed by atoms with Crippen LogP contribution < -0.4 is 4.90 Å². The Morgan fingerprint density at radius 2 is 1.86 bits per heavy atom. The molecule has 198 valence electrons. The van der Waals surface area contributed by atoms with Crippen molar-refractivity contribution in [2.75, 3.05) is 44.2 Å². The maximum atomic E-state index is 10.2. The number of benzene rings is 1. The molecular formula is C28H36Cl2N6O. The van der Waals surface area contributed by atoms with Gasteiger partial charge in [0, 0.05) is 73.5 Å². The van der Waals surface area contributed by atoms with Gasteiger partial charge in [0.1, 0.15) is 11.6 Å². The van der Waals surface area contributed by atoms with Gasteiger partial charge in [-0.3, -0.25) is 9.80 Å². The van der Waals surface area contributed by atoms with Crippen molar-refractivity contribution in [3.63, 3.8) is 0 Å². The Morgan fingerprint density at radius 3 is 2.49 bits per heavy atom. The summed E-state index contributed by atoms with van der Waals surface area (Å²) in [5.41, 5.74) is 2.14. The molecule has 1 unspecified atom stereocenters. The number of aromatic amines is 1. The van der Waals surface area contributed by atoms with Crippen LogP contribution in [0.3, 0.4) is 0 Å². The molecule has 37 heavy (non-hydrogen) atoms. The van der Waals surface area contributed by atoms with E-state index in [1.165, 1.54) is 0 Å². The van der Waals surface area contributed by atoms with E-state index >= 15 is 0 Å². The molecule has 3 aromatic rings. The molecule has 0 amide bonds. The summed E-state index contributed by atoms with van der Waals surface area (Å²) in [4.78, 5) is 19.6. The molecule has 0 saturated carbocycles. The summed E-state index contributed by atoms with van der Waals surface area (Å²) in [6, 6.07) is 10.3. The van der Waals surface area contributed by atoms with Crippen LogP contribution in [0.2, 0.25) is 10.0 Å². The van der Waals surface area contributed by atoms with E-state index in [-0.39, 0.29) is 18.2 Å². The van der Waals surface area contributed by atoms with E-state index in [0.717, 1.165) is 79.8 Å². The van der Waals surface area contributed by atoms with Crippen LogP contribution in [-0.2, 0) is 0 Å². The predicted molar refractivity (Wildman–Crippen MR) is 150 cm³/mol. The molecule has 0 radical (unpaired) electrons. The van der Waals surface area contributed by atoms with Crippen LogP contribution in [0.1, 0.15) is 44.7 Å². The number of aliphatic hydroxyl groups is 1. The Labute approximate surface area is 229 Å². The van der Waals surface area contributed by atoms with Gasteiger partial charge in [-0.05, 0) is 49.9 Å². The van der Waals surface area contributed by atoms with E-state index in [1.807, 2.05) is 36.5 Å². The van der Waals surface area contributed by atoms with Gasteiger partial charge >= 0.3 is 0 Å². The third-order valence-electron chi connectivity index (χ3n) is 8.28. The minimum atomic E-state index is 0.0120. The first-order chi connectivity index (χ1) is 17.9. The van der Waals surface area contributed by atoms with Crippen LogP contribution in [-0.4, -0.2) is 80.8 Å². The first-order valence-corrected chi connectivity index (χ1v) is 13.9. The summed E-state index contributed by atoms with van der Waals surface area (Å²) in [6.45, 7) is 9.51. The van der Waals surface area contributed by atoms with E-state index in [9.17, 15) is 5.11 Å². The molecule has 2 saturated heterocycles. The van der Waals surface area contributed by atoms with Crippen molar-refractivity contribution >= 4 is 29.0 Å². The molecule has 7 nitrogen and oxygen atoms in total. The number of piperidine rings is 1. The van der Waals surface area contributed by atoms with Crippen molar-refractivity contribution < 1.29 is 5.11 Å². The van der Waals surface area contributed by atoms with Crippen LogP contribution in [0.5, 0.6) is 0 Å². The highest BCUT2D eigenvalue weighted by molar-refractivity contribution is 6.33. The van der Waals surface area contributed by atoms with Gasteiger partial charge in [-0.15, -0.1) is 0 Å². The van der Waals surface area contributed by atoms with Crippen LogP contribution >= 0.6 is 23.2 Å². The largest absolute Gasteiger partial charge is 0.394 e. The van der Waals surface area contributed by atoms with Crippen LogP contribution in [0.15, 0.2) is 48.9 Å².